The summed E-state index contributed by atoms with van der Waals surface area (Å²) in [7, 11) is 0. The zero-order valence-electron chi connectivity index (χ0n) is 8.29. The van der Waals surface area contributed by atoms with E-state index in [-0.39, 0.29) is 18.3 Å². The maximum atomic E-state index is 10.5. The van der Waals surface area contributed by atoms with Crippen LogP contribution in [0.25, 0.3) is 0 Å². The fraction of sp³-hybridized carbons (Fsp3) is 0.750. The van der Waals surface area contributed by atoms with Crippen LogP contribution < -0.4 is 16.8 Å². The molecule has 0 spiro atoms. The number of unbranched alkanes of at least 4 members (excludes halogenated alkanes) is 1. The van der Waals surface area contributed by atoms with Crippen LogP contribution in [0.1, 0.15) is 26.2 Å². The molecule has 0 saturated carbocycles. The summed E-state index contributed by atoms with van der Waals surface area (Å²) in [6, 6.07) is -0.558. The predicted molar refractivity (Wildman–Crippen MR) is 57.0 cm³/mol. The van der Waals surface area contributed by atoms with Crippen LogP contribution in [-0.4, -0.2) is 24.4 Å². The Labute approximate surface area is 90.0 Å². The molecular weight excluding hydrogens is 206 g/mol. The average Bonchev–Trinajstić information content (AvgIpc) is 2.02. The van der Waals surface area contributed by atoms with Gasteiger partial charge in [0.05, 0.1) is 6.04 Å². The van der Waals surface area contributed by atoms with Crippen molar-refractivity contribution < 1.29 is 9.59 Å². The smallest absolute Gasteiger partial charge is 0.234 e. The molecule has 0 aliphatic rings. The van der Waals surface area contributed by atoms with Crippen molar-refractivity contribution in [3.05, 3.63) is 0 Å². The molecule has 0 aromatic rings. The minimum absolute atomic E-state index is 0. The van der Waals surface area contributed by atoms with Crippen molar-refractivity contribution >= 4 is 24.2 Å². The Hall–Kier alpha value is -0.810. The number of nitrogens with two attached hydrogens (primary N) is 2. The molecular formula is C8H18ClN3O2. The molecule has 0 aromatic carbocycles. The van der Waals surface area contributed by atoms with Crippen LogP contribution in [0.5, 0.6) is 0 Å². The zero-order chi connectivity index (χ0) is 10.3. The molecule has 0 aromatic heterocycles. The Morgan fingerprint density at radius 2 is 1.93 bits per heavy atom. The lowest BCUT2D eigenvalue weighted by Crippen LogP contribution is -2.36. The number of hydrogen-bond acceptors (Lipinski definition) is 3. The normalized spacial score (nSPS) is 11.3. The molecule has 5 N–H and O–H groups in total. The van der Waals surface area contributed by atoms with Gasteiger partial charge >= 0.3 is 0 Å². The highest BCUT2D eigenvalue weighted by Crippen LogP contribution is 1.97. The molecule has 1 atom stereocenters. The molecule has 0 saturated heterocycles. The second-order valence-corrected chi connectivity index (χ2v) is 2.99. The first-order chi connectivity index (χ1) is 6.04. The van der Waals surface area contributed by atoms with E-state index in [0.717, 1.165) is 12.8 Å². The van der Waals surface area contributed by atoms with E-state index in [1.54, 1.807) is 0 Å². The van der Waals surface area contributed by atoms with Crippen LogP contribution in [0.4, 0.5) is 0 Å². The Bertz CT molecular complexity index is 187. The van der Waals surface area contributed by atoms with Gasteiger partial charge < -0.3 is 16.8 Å². The molecule has 0 fully saturated rings. The van der Waals surface area contributed by atoms with E-state index in [2.05, 4.69) is 5.32 Å². The third-order valence-electron chi connectivity index (χ3n) is 1.68. The van der Waals surface area contributed by atoms with E-state index in [0.29, 0.717) is 13.0 Å². The van der Waals surface area contributed by atoms with E-state index in [1.165, 1.54) is 6.92 Å². The minimum Gasteiger partial charge on any atom is -0.368 e. The Kier molecular flexibility index (Phi) is 9.81. The first-order valence-electron chi connectivity index (χ1n) is 4.33. The third kappa shape index (κ3) is 9.28. The number of rotatable bonds is 6. The highest BCUT2D eigenvalue weighted by atomic mass is 35.5. The lowest BCUT2D eigenvalue weighted by atomic mass is 10.1. The van der Waals surface area contributed by atoms with Gasteiger partial charge in [-0.25, -0.2) is 0 Å². The number of nitrogens with one attached hydrogen (secondary N) is 1. The molecule has 14 heavy (non-hydrogen) atoms. The fourth-order valence-corrected chi connectivity index (χ4v) is 0.896. The van der Waals surface area contributed by atoms with Crippen molar-refractivity contribution in [2.75, 3.05) is 6.54 Å². The molecule has 0 aliphatic carbocycles. The van der Waals surface area contributed by atoms with Gasteiger partial charge in [0.15, 0.2) is 0 Å². The van der Waals surface area contributed by atoms with E-state index in [4.69, 9.17) is 11.5 Å². The first-order valence-corrected chi connectivity index (χ1v) is 4.33. The first kappa shape index (κ1) is 15.7. The van der Waals surface area contributed by atoms with Gasteiger partial charge in [0.25, 0.3) is 0 Å². The van der Waals surface area contributed by atoms with Gasteiger partial charge in [-0.05, 0) is 19.3 Å². The summed E-state index contributed by atoms with van der Waals surface area (Å²) in [6.45, 7) is 2.09. The second kappa shape index (κ2) is 8.77. The van der Waals surface area contributed by atoms with Crippen LogP contribution in [0.15, 0.2) is 0 Å². The van der Waals surface area contributed by atoms with Crippen molar-refractivity contribution in [1.82, 2.24) is 5.32 Å². The molecule has 0 radical (unpaired) electrons. The molecule has 0 aliphatic heterocycles. The third-order valence-corrected chi connectivity index (χ3v) is 1.68. The summed E-state index contributed by atoms with van der Waals surface area (Å²) in [4.78, 5) is 20.9. The van der Waals surface area contributed by atoms with Gasteiger partial charge in [-0.15, -0.1) is 12.4 Å². The summed E-state index contributed by atoms with van der Waals surface area (Å²) in [5, 5.41) is 2.65. The Morgan fingerprint density at radius 1 is 1.36 bits per heavy atom. The van der Waals surface area contributed by atoms with Crippen LogP contribution in [0, 0.1) is 0 Å². The van der Waals surface area contributed by atoms with Crippen LogP contribution in [-0.2, 0) is 9.59 Å². The molecule has 5 nitrogen and oxygen atoms in total. The largest absolute Gasteiger partial charge is 0.368 e. The summed E-state index contributed by atoms with van der Waals surface area (Å²) >= 11 is 0. The molecule has 0 heterocycles. The number of primary amides is 1. The lowest BCUT2D eigenvalue weighted by molar-refractivity contribution is -0.120. The number of amides is 2. The second-order valence-electron chi connectivity index (χ2n) is 2.99. The zero-order valence-corrected chi connectivity index (χ0v) is 9.10. The average molecular weight is 224 g/mol. The number of carbonyl (C=O) groups excluding carboxylic acids is 2. The summed E-state index contributed by atoms with van der Waals surface area (Å²) in [5.74, 6) is -0.515. The van der Waals surface area contributed by atoms with Crippen LogP contribution in [0.3, 0.4) is 0 Å². The maximum Gasteiger partial charge on any atom is 0.234 e. The topological polar surface area (TPSA) is 98.2 Å². The molecule has 6 heteroatoms. The molecule has 0 rings (SSSR count). The summed E-state index contributed by atoms with van der Waals surface area (Å²) in [6.07, 6.45) is 2.19. The number of halogens is 1. The summed E-state index contributed by atoms with van der Waals surface area (Å²) in [5.41, 5.74) is 10.4. The van der Waals surface area contributed by atoms with Crippen molar-refractivity contribution in [2.45, 2.75) is 32.2 Å². The van der Waals surface area contributed by atoms with Gasteiger partial charge in [-0.2, -0.15) is 0 Å². The Balaban J connectivity index is 0. The number of hydrogen-bond donors (Lipinski definition) is 3. The van der Waals surface area contributed by atoms with Gasteiger partial charge in [0, 0.05) is 13.5 Å². The molecule has 0 unspecified atom stereocenters. The van der Waals surface area contributed by atoms with E-state index in [1.807, 2.05) is 0 Å². The molecule has 2 amide bonds. The molecule has 84 valence electrons. The highest BCUT2D eigenvalue weighted by Gasteiger charge is 2.07. The van der Waals surface area contributed by atoms with E-state index < -0.39 is 11.9 Å². The van der Waals surface area contributed by atoms with Crippen molar-refractivity contribution in [2.24, 2.45) is 11.5 Å². The van der Waals surface area contributed by atoms with Gasteiger partial charge in [0.1, 0.15) is 0 Å². The van der Waals surface area contributed by atoms with Gasteiger partial charge in [0.2, 0.25) is 11.8 Å². The van der Waals surface area contributed by atoms with Crippen molar-refractivity contribution in [3.63, 3.8) is 0 Å². The van der Waals surface area contributed by atoms with Gasteiger partial charge in [-0.3, -0.25) is 9.59 Å². The minimum atomic E-state index is -0.558. The fourth-order valence-electron chi connectivity index (χ4n) is 0.896. The molecule has 0 bridgehead atoms. The quantitative estimate of drug-likeness (QED) is 0.531. The van der Waals surface area contributed by atoms with E-state index in [9.17, 15) is 9.59 Å². The van der Waals surface area contributed by atoms with Crippen molar-refractivity contribution in [3.8, 4) is 0 Å². The van der Waals surface area contributed by atoms with Crippen molar-refractivity contribution in [1.29, 1.82) is 0 Å². The highest BCUT2D eigenvalue weighted by molar-refractivity contribution is 5.85. The summed E-state index contributed by atoms with van der Waals surface area (Å²) < 4.78 is 0. The maximum absolute atomic E-state index is 10.5. The van der Waals surface area contributed by atoms with Crippen LogP contribution >= 0.6 is 12.4 Å². The SMILES string of the molecule is CC(=O)NCCCC[C@H](N)C(N)=O.Cl. The Morgan fingerprint density at radius 3 is 2.36 bits per heavy atom. The van der Waals surface area contributed by atoms with E-state index >= 15 is 0 Å². The lowest BCUT2D eigenvalue weighted by Gasteiger charge is -2.06. The number of carbonyl (C=O) groups is 2. The predicted octanol–water partition coefficient (Wildman–Crippen LogP) is -0.473. The standard InChI is InChI=1S/C8H17N3O2.ClH/c1-6(12)11-5-3-2-4-7(9)8(10)13;/h7H,2-5,9H2,1H3,(H2,10,13)(H,11,12);1H/t7-;/m0./s1. The van der Waals surface area contributed by atoms with Gasteiger partial charge in [-0.1, -0.05) is 0 Å². The van der Waals surface area contributed by atoms with Crippen LogP contribution in [0.2, 0.25) is 0 Å². The monoisotopic (exact) mass is 223 g/mol.